The van der Waals surface area contributed by atoms with E-state index in [0.29, 0.717) is 18.0 Å². The third-order valence-corrected chi connectivity index (χ3v) is 2.68. The number of ether oxygens (including phenoxy) is 2. The number of carbonyl (C=O) groups excluding carboxylic acids is 1. The molecule has 5 heteroatoms. The predicted octanol–water partition coefficient (Wildman–Crippen LogP) is 1.01. The standard InChI is InChI=1S/C13H18N2O3/c1-14-8-13(16)15-11-4-2-3-5-12(11)18-10-6-7-17-9-10/h2-5,10,14H,6-9H2,1H3,(H,15,16). The van der Waals surface area contributed by atoms with Crippen LogP contribution in [0.5, 0.6) is 5.75 Å². The van der Waals surface area contributed by atoms with Crippen molar-refractivity contribution in [1.29, 1.82) is 0 Å². The highest BCUT2D eigenvalue weighted by Gasteiger charge is 2.18. The average molecular weight is 250 g/mol. The van der Waals surface area contributed by atoms with Crippen molar-refractivity contribution < 1.29 is 14.3 Å². The van der Waals surface area contributed by atoms with Gasteiger partial charge in [-0.1, -0.05) is 12.1 Å². The van der Waals surface area contributed by atoms with E-state index in [0.717, 1.165) is 13.0 Å². The van der Waals surface area contributed by atoms with Gasteiger partial charge in [0.25, 0.3) is 0 Å². The molecule has 0 saturated carbocycles. The van der Waals surface area contributed by atoms with Gasteiger partial charge in [0.2, 0.25) is 5.91 Å². The first-order valence-electron chi connectivity index (χ1n) is 6.07. The van der Waals surface area contributed by atoms with Crippen LogP contribution in [0.4, 0.5) is 5.69 Å². The first-order chi connectivity index (χ1) is 8.79. The van der Waals surface area contributed by atoms with Crippen molar-refractivity contribution in [2.24, 2.45) is 0 Å². The molecule has 1 heterocycles. The molecule has 0 spiro atoms. The number of benzene rings is 1. The molecule has 1 aromatic carbocycles. The van der Waals surface area contributed by atoms with Gasteiger partial charge in [-0.15, -0.1) is 0 Å². The third kappa shape index (κ3) is 3.45. The minimum absolute atomic E-state index is 0.0763. The van der Waals surface area contributed by atoms with Crippen LogP contribution in [0.3, 0.4) is 0 Å². The normalized spacial score (nSPS) is 18.6. The second-order valence-electron chi connectivity index (χ2n) is 4.18. The van der Waals surface area contributed by atoms with Crippen molar-refractivity contribution in [2.45, 2.75) is 12.5 Å². The Morgan fingerprint density at radius 1 is 1.50 bits per heavy atom. The van der Waals surface area contributed by atoms with Crippen molar-refractivity contribution in [1.82, 2.24) is 5.32 Å². The largest absolute Gasteiger partial charge is 0.486 e. The lowest BCUT2D eigenvalue weighted by Gasteiger charge is -2.15. The SMILES string of the molecule is CNCC(=O)Nc1ccccc1OC1CCOC1. The zero-order valence-corrected chi connectivity index (χ0v) is 10.4. The second kappa shape index (κ2) is 6.37. The molecule has 2 N–H and O–H groups in total. The molecule has 0 aliphatic carbocycles. The Morgan fingerprint density at radius 3 is 3.06 bits per heavy atom. The summed E-state index contributed by atoms with van der Waals surface area (Å²) in [5, 5.41) is 5.63. The van der Waals surface area contributed by atoms with Crippen molar-refractivity contribution in [3.63, 3.8) is 0 Å². The van der Waals surface area contributed by atoms with Gasteiger partial charge in [0.05, 0.1) is 25.4 Å². The zero-order chi connectivity index (χ0) is 12.8. The van der Waals surface area contributed by atoms with Crippen LogP contribution in [0.15, 0.2) is 24.3 Å². The molecule has 1 atom stereocenters. The predicted molar refractivity (Wildman–Crippen MR) is 68.9 cm³/mol. The molecule has 1 aliphatic rings. The minimum atomic E-state index is -0.0868. The van der Waals surface area contributed by atoms with Crippen molar-refractivity contribution >= 4 is 11.6 Å². The summed E-state index contributed by atoms with van der Waals surface area (Å²) in [5.41, 5.74) is 0.699. The van der Waals surface area contributed by atoms with E-state index in [1.807, 2.05) is 24.3 Å². The molecule has 0 aromatic heterocycles. The number of para-hydroxylation sites is 2. The molecular weight excluding hydrogens is 232 g/mol. The maximum absolute atomic E-state index is 11.5. The van der Waals surface area contributed by atoms with Gasteiger partial charge in [-0.05, 0) is 19.2 Å². The Labute approximate surface area is 106 Å². The number of rotatable bonds is 5. The lowest BCUT2D eigenvalue weighted by molar-refractivity contribution is -0.115. The Bertz CT molecular complexity index is 403. The van der Waals surface area contributed by atoms with Crippen LogP contribution >= 0.6 is 0 Å². The highest BCUT2D eigenvalue weighted by Crippen LogP contribution is 2.26. The molecule has 18 heavy (non-hydrogen) atoms. The van der Waals surface area contributed by atoms with Crippen molar-refractivity contribution in [3.8, 4) is 5.75 Å². The molecule has 1 unspecified atom stereocenters. The van der Waals surface area contributed by atoms with Crippen molar-refractivity contribution in [3.05, 3.63) is 24.3 Å². The van der Waals surface area contributed by atoms with Gasteiger partial charge in [-0.2, -0.15) is 0 Å². The number of nitrogens with one attached hydrogen (secondary N) is 2. The number of carbonyl (C=O) groups is 1. The fraction of sp³-hybridized carbons (Fsp3) is 0.462. The molecule has 1 amide bonds. The van der Waals surface area contributed by atoms with Gasteiger partial charge < -0.3 is 20.1 Å². The fourth-order valence-corrected chi connectivity index (χ4v) is 1.81. The van der Waals surface area contributed by atoms with Gasteiger partial charge in [-0.3, -0.25) is 4.79 Å². The summed E-state index contributed by atoms with van der Waals surface area (Å²) >= 11 is 0. The number of amides is 1. The van der Waals surface area contributed by atoms with Crippen LogP contribution in [0.1, 0.15) is 6.42 Å². The highest BCUT2D eigenvalue weighted by molar-refractivity contribution is 5.93. The smallest absolute Gasteiger partial charge is 0.238 e. The quantitative estimate of drug-likeness (QED) is 0.819. The number of anilines is 1. The van der Waals surface area contributed by atoms with Crippen LogP contribution in [0, 0.1) is 0 Å². The average Bonchev–Trinajstić information content (AvgIpc) is 2.85. The summed E-state index contributed by atoms with van der Waals surface area (Å²) in [6, 6.07) is 7.44. The van der Waals surface area contributed by atoms with Gasteiger partial charge in [0.15, 0.2) is 0 Å². The van der Waals surface area contributed by atoms with E-state index in [-0.39, 0.29) is 18.6 Å². The molecule has 0 bridgehead atoms. The van der Waals surface area contributed by atoms with Crippen LogP contribution in [0.2, 0.25) is 0 Å². The zero-order valence-electron chi connectivity index (χ0n) is 10.4. The van der Waals surface area contributed by atoms with E-state index < -0.39 is 0 Å². The Hall–Kier alpha value is -1.59. The summed E-state index contributed by atoms with van der Waals surface area (Å²) in [4.78, 5) is 11.5. The number of hydrogen-bond acceptors (Lipinski definition) is 4. The minimum Gasteiger partial charge on any atom is -0.486 e. The first kappa shape index (κ1) is 12.9. The maximum atomic E-state index is 11.5. The van der Waals surface area contributed by atoms with E-state index in [2.05, 4.69) is 10.6 Å². The summed E-state index contributed by atoms with van der Waals surface area (Å²) in [6.07, 6.45) is 0.964. The van der Waals surface area contributed by atoms with Gasteiger partial charge >= 0.3 is 0 Å². The lowest BCUT2D eigenvalue weighted by atomic mass is 10.2. The van der Waals surface area contributed by atoms with Crippen molar-refractivity contribution in [2.75, 3.05) is 32.1 Å². The molecule has 98 valence electrons. The molecule has 1 saturated heterocycles. The van der Waals surface area contributed by atoms with E-state index in [1.165, 1.54) is 0 Å². The van der Waals surface area contributed by atoms with Crippen LogP contribution in [-0.2, 0) is 9.53 Å². The van der Waals surface area contributed by atoms with E-state index in [4.69, 9.17) is 9.47 Å². The van der Waals surface area contributed by atoms with Gasteiger partial charge in [0, 0.05) is 6.42 Å². The topological polar surface area (TPSA) is 59.6 Å². The summed E-state index contributed by atoms with van der Waals surface area (Å²) in [7, 11) is 1.73. The fourth-order valence-electron chi connectivity index (χ4n) is 1.81. The van der Waals surface area contributed by atoms with E-state index >= 15 is 0 Å². The maximum Gasteiger partial charge on any atom is 0.238 e. The second-order valence-corrected chi connectivity index (χ2v) is 4.18. The molecule has 5 nitrogen and oxygen atoms in total. The van der Waals surface area contributed by atoms with Gasteiger partial charge in [-0.25, -0.2) is 0 Å². The first-order valence-corrected chi connectivity index (χ1v) is 6.07. The van der Waals surface area contributed by atoms with Crippen LogP contribution in [0.25, 0.3) is 0 Å². The molecule has 1 fully saturated rings. The molecule has 0 radical (unpaired) electrons. The summed E-state index contributed by atoms with van der Waals surface area (Å²) < 4.78 is 11.1. The molecule has 1 aromatic rings. The van der Waals surface area contributed by atoms with E-state index in [9.17, 15) is 4.79 Å². The third-order valence-electron chi connectivity index (χ3n) is 2.68. The van der Waals surface area contributed by atoms with Gasteiger partial charge in [0.1, 0.15) is 11.9 Å². The van der Waals surface area contributed by atoms with Crippen LogP contribution < -0.4 is 15.4 Å². The van der Waals surface area contributed by atoms with E-state index in [1.54, 1.807) is 7.05 Å². The Morgan fingerprint density at radius 2 is 2.33 bits per heavy atom. The molecule has 2 rings (SSSR count). The Kier molecular flexibility index (Phi) is 4.55. The molecule has 1 aliphatic heterocycles. The Balaban J connectivity index is 2.02. The number of hydrogen-bond donors (Lipinski definition) is 2. The summed E-state index contributed by atoms with van der Waals surface area (Å²) in [6.45, 7) is 1.62. The highest BCUT2D eigenvalue weighted by atomic mass is 16.5. The summed E-state index contributed by atoms with van der Waals surface area (Å²) in [5.74, 6) is 0.605. The number of likely N-dealkylation sites (N-methyl/N-ethyl adjacent to an activating group) is 1. The van der Waals surface area contributed by atoms with Crippen LogP contribution in [-0.4, -0.2) is 38.8 Å². The lowest BCUT2D eigenvalue weighted by Crippen LogP contribution is -2.25. The monoisotopic (exact) mass is 250 g/mol. The molecular formula is C13H18N2O3.